The van der Waals surface area contributed by atoms with Crippen LogP contribution in [0.2, 0.25) is 0 Å². The third-order valence-corrected chi connectivity index (χ3v) is 1.91. The van der Waals surface area contributed by atoms with E-state index in [0.717, 1.165) is 0 Å². The molecule has 0 aromatic rings. The number of alkyl halides is 3. The Morgan fingerprint density at radius 1 is 1.33 bits per heavy atom. The number of rotatable bonds is 2. The molecule has 0 aliphatic carbocycles. The van der Waals surface area contributed by atoms with Gasteiger partial charge in [0.1, 0.15) is 0 Å². The number of likely N-dealkylation sites (tertiary alicyclic amines) is 1. The van der Waals surface area contributed by atoms with E-state index in [4.69, 9.17) is 10.2 Å². The van der Waals surface area contributed by atoms with Crippen LogP contribution in [-0.4, -0.2) is 53.1 Å². The fraction of sp³-hybridized carbons (Fsp3) is 1.00. The van der Waals surface area contributed by atoms with Crippen molar-refractivity contribution >= 4 is 0 Å². The van der Waals surface area contributed by atoms with Gasteiger partial charge in [0.15, 0.2) is 5.60 Å². The summed E-state index contributed by atoms with van der Waals surface area (Å²) in [4.78, 5) is 1.34. The van der Waals surface area contributed by atoms with E-state index in [1.54, 1.807) is 0 Å². The largest absolute Gasteiger partial charge is 0.419 e. The number of halogens is 3. The van der Waals surface area contributed by atoms with Gasteiger partial charge >= 0.3 is 6.18 Å². The van der Waals surface area contributed by atoms with Crippen LogP contribution in [0.25, 0.3) is 0 Å². The summed E-state index contributed by atoms with van der Waals surface area (Å²) in [6, 6.07) is 0. The minimum Gasteiger partial charge on any atom is -0.395 e. The quantitative estimate of drug-likeness (QED) is 0.614. The van der Waals surface area contributed by atoms with Gasteiger partial charge in [-0.15, -0.1) is 0 Å². The minimum atomic E-state index is -4.56. The summed E-state index contributed by atoms with van der Waals surface area (Å²) in [5.41, 5.74) is -2.55. The van der Waals surface area contributed by atoms with Crippen LogP contribution in [0.1, 0.15) is 0 Å². The van der Waals surface area contributed by atoms with E-state index in [0.29, 0.717) is 0 Å². The number of aliphatic hydroxyl groups excluding tert-OH is 1. The third-order valence-electron chi connectivity index (χ3n) is 1.91. The van der Waals surface area contributed by atoms with E-state index in [-0.39, 0.29) is 13.2 Å². The maximum absolute atomic E-state index is 12.0. The van der Waals surface area contributed by atoms with Gasteiger partial charge in [-0.05, 0) is 0 Å². The van der Waals surface area contributed by atoms with Gasteiger partial charge in [-0.1, -0.05) is 0 Å². The molecule has 0 aromatic carbocycles. The Hall–Kier alpha value is -0.330. The molecule has 12 heavy (non-hydrogen) atoms. The second-order valence-corrected chi connectivity index (χ2v) is 2.96. The smallest absolute Gasteiger partial charge is 0.395 e. The van der Waals surface area contributed by atoms with Gasteiger partial charge in [-0.25, -0.2) is 0 Å². The van der Waals surface area contributed by atoms with Crippen LogP contribution in [0.15, 0.2) is 0 Å². The maximum Gasteiger partial charge on any atom is 0.419 e. The van der Waals surface area contributed by atoms with Crippen molar-refractivity contribution in [3.05, 3.63) is 0 Å². The summed E-state index contributed by atoms with van der Waals surface area (Å²) in [7, 11) is 0. The maximum atomic E-state index is 12.0. The Balaban J connectivity index is 2.40. The lowest BCUT2D eigenvalue weighted by atomic mass is 9.94. The van der Waals surface area contributed by atoms with Crippen molar-refractivity contribution in [2.75, 3.05) is 26.2 Å². The van der Waals surface area contributed by atoms with E-state index < -0.39 is 24.9 Å². The van der Waals surface area contributed by atoms with Gasteiger partial charge in [0.05, 0.1) is 6.61 Å². The first kappa shape index (κ1) is 9.76. The molecule has 0 bridgehead atoms. The standard InChI is InChI=1S/C6H10F3NO2/c7-6(8,9)5(12)3-10(4-5)1-2-11/h11-12H,1-4H2. The van der Waals surface area contributed by atoms with Crippen molar-refractivity contribution in [2.24, 2.45) is 0 Å². The van der Waals surface area contributed by atoms with Gasteiger partial charge < -0.3 is 10.2 Å². The molecule has 0 radical (unpaired) electrons. The van der Waals surface area contributed by atoms with Crippen LogP contribution < -0.4 is 0 Å². The molecule has 6 heteroatoms. The number of aliphatic hydroxyl groups is 2. The van der Waals surface area contributed by atoms with E-state index in [1.165, 1.54) is 4.90 Å². The molecular weight excluding hydrogens is 175 g/mol. The Kier molecular flexibility index (Phi) is 2.33. The molecule has 1 fully saturated rings. The minimum absolute atomic E-state index is 0.179. The van der Waals surface area contributed by atoms with Crippen molar-refractivity contribution in [3.63, 3.8) is 0 Å². The first-order chi connectivity index (χ1) is 5.39. The predicted molar refractivity (Wildman–Crippen MR) is 34.5 cm³/mol. The SMILES string of the molecule is OCCN1CC(O)(C(F)(F)F)C1. The highest BCUT2D eigenvalue weighted by Crippen LogP contribution is 2.37. The van der Waals surface area contributed by atoms with Crippen LogP contribution in [0, 0.1) is 0 Å². The predicted octanol–water partition coefficient (Wildman–Crippen LogP) is -0.412. The first-order valence-corrected chi connectivity index (χ1v) is 3.51. The molecule has 0 unspecified atom stereocenters. The topological polar surface area (TPSA) is 43.7 Å². The zero-order valence-corrected chi connectivity index (χ0v) is 6.30. The summed E-state index contributed by atoms with van der Waals surface area (Å²) in [6.07, 6.45) is -4.56. The number of hydrogen-bond donors (Lipinski definition) is 2. The highest BCUT2D eigenvalue weighted by Gasteiger charge is 2.60. The van der Waals surface area contributed by atoms with Crippen LogP contribution in [0.5, 0.6) is 0 Å². The highest BCUT2D eigenvalue weighted by atomic mass is 19.4. The molecule has 0 saturated carbocycles. The van der Waals surface area contributed by atoms with Crippen molar-refractivity contribution in [1.29, 1.82) is 0 Å². The lowest BCUT2D eigenvalue weighted by Gasteiger charge is -2.46. The second-order valence-electron chi connectivity index (χ2n) is 2.96. The monoisotopic (exact) mass is 185 g/mol. The Morgan fingerprint density at radius 2 is 1.83 bits per heavy atom. The van der Waals surface area contributed by atoms with E-state index >= 15 is 0 Å². The zero-order chi connectivity index (χ0) is 9.41. The second kappa shape index (κ2) is 2.86. The van der Waals surface area contributed by atoms with Gasteiger partial charge in [0.25, 0.3) is 0 Å². The molecule has 1 rings (SSSR count). The molecule has 1 heterocycles. The molecular formula is C6H10F3NO2. The Labute approximate surface area is 67.4 Å². The normalized spacial score (nSPS) is 23.8. The molecule has 0 amide bonds. The molecule has 3 nitrogen and oxygen atoms in total. The van der Waals surface area contributed by atoms with Crippen molar-refractivity contribution < 1.29 is 23.4 Å². The number of β-amino-alcohol motifs (C(OH)–C–C–N with tert-alkyl or cyclic N) is 2. The fourth-order valence-electron chi connectivity index (χ4n) is 1.17. The van der Waals surface area contributed by atoms with Gasteiger partial charge in [0.2, 0.25) is 0 Å². The Bertz CT molecular complexity index is 165. The van der Waals surface area contributed by atoms with Gasteiger partial charge in [-0.2, -0.15) is 13.2 Å². The van der Waals surface area contributed by atoms with Crippen molar-refractivity contribution in [3.8, 4) is 0 Å². The number of nitrogens with zero attached hydrogens (tertiary/aromatic N) is 1. The third kappa shape index (κ3) is 1.55. The van der Waals surface area contributed by atoms with Crippen LogP contribution in [0.4, 0.5) is 13.2 Å². The summed E-state index contributed by atoms with van der Waals surface area (Å²) >= 11 is 0. The van der Waals surface area contributed by atoms with Crippen LogP contribution in [-0.2, 0) is 0 Å². The average molecular weight is 185 g/mol. The van der Waals surface area contributed by atoms with Gasteiger partial charge in [0, 0.05) is 19.6 Å². The van der Waals surface area contributed by atoms with Crippen molar-refractivity contribution in [2.45, 2.75) is 11.8 Å². The first-order valence-electron chi connectivity index (χ1n) is 3.51. The molecule has 72 valence electrons. The van der Waals surface area contributed by atoms with Gasteiger partial charge in [-0.3, -0.25) is 4.90 Å². The molecule has 0 spiro atoms. The molecule has 1 saturated heterocycles. The lowest BCUT2D eigenvalue weighted by molar-refractivity contribution is -0.301. The number of hydrogen-bond acceptors (Lipinski definition) is 3. The molecule has 2 N–H and O–H groups in total. The summed E-state index contributed by atoms with van der Waals surface area (Å²) in [6.45, 7) is -0.875. The summed E-state index contributed by atoms with van der Waals surface area (Å²) in [5.74, 6) is 0. The Morgan fingerprint density at radius 3 is 2.17 bits per heavy atom. The lowest BCUT2D eigenvalue weighted by Crippen LogP contribution is -2.69. The molecule has 1 aliphatic rings. The van der Waals surface area contributed by atoms with E-state index in [2.05, 4.69) is 0 Å². The summed E-state index contributed by atoms with van der Waals surface area (Å²) in [5, 5.41) is 17.3. The van der Waals surface area contributed by atoms with Crippen LogP contribution >= 0.6 is 0 Å². The molecule has 0 atom stereocenters. The van der Waals surface area contributed by atoms with E-state index in [9.17, 15) is 13.2 Å². The summed E-state index contributed by atoms with van der Waals surface area (Å²) < 4.78 is 35.9. The highest BCUT2D eigenvalue weighted by molar-refractivity contribution is 5.00. The molecule has 0 aromatic heterocycles. The van der Waals surface area contributed by atoms with Crippen molar-refractivity contribution in [1.82, 2.24) is 4.90 Å². The zero-order valence-electron chi connectivity index (χ0n) is 6.30. The average Bonchev–Trinajstić information content (AvgIpc) is 1.82. The van der Waals surface area contributed by atoms with Crippen LogP contribution in [0.3, 0.4) is 0 Å². The fourth-order valence-corrected chi connectivity index (χ4v) is 1.17. The molecule has 1 aliphatic heterocycles. The van der Waals surface area contributed by atoms with E-state index in [1.807, 2.05) is 0 Å².